The molecule has 1 atom stereocenters. The maximum absolute atomic E-state index is 12.1. The van der Waals surface area contributed by atoms with E-state index in [1.54, 1.807) is 6.07 Å². The number of hydrogen-bond donors (Lipinski definition) is 1. The molecule has 8 heteroatoms. The Labute approximate surface area is 127 Å². The first-order chi connectivity index (χ1) is 9.94. The number of halogens is 1. The average Bonchev–Trinajstić information content (AvgIpc) is 3.02. The Morgan fingerprint density at radius 2 is 2.19 bits per heavy atom. The third-order valence-corrected chi connectivity index (χ3v) is 5.69. The molecule has 0 radical (unpaired) electrons. The molecule has 0 saturated carbocycles. The largest absolute Gasteiger partial charge is 0.454 e. The lowest BCUT2D eigenvalue weighted by Crippen LogP contribution is -2.29. The first-order valence-corrected chi connectivity index (χ1v) is 8.72. The minimum atomic E-state index is -2.93. The van der Waals surface area contributed by atoms with Gasteiger partial charge in [0.1, 0.15) is 0 Å². The van der Waals surface area contributed by atoms with Crippen LogP contribution in [0.2, 0.25) is 5.02 Å². The van der Waals surface area contributed by atoms with Crippen molar-refractivity contribution in [2.75, 3.05) is 24.8 Å². The van der Waals surface area contributed by atoms with Gasteiger partial charge in [0, 0.05) is 12.1 Å². The predicted molar refractivity (Wildman–Crippen MR) is 76.7 cm³/mol. The zero-order valence-electron chi connectivity index (χ0n) is 11.1. The van der Waals surface area contributed by atoms with Crippen LogP contribution in [-0.4, -0.2) is 39.2 Å². The Balaban J connectivity index is 1.65. The molecule has 2 aliphatic heterocycles. The lowest BCUT2D eigenvalue weighted by molar-refractivity contribution is 0.0948. The molecule has 21 heavy (non-hydrogen) atoms. The number of hydrogen-bond acceptors (Lipinski definition) is 5. The second-order valence-electron chi connectivity index (χ2n) is 5.17. The summed E-state index contributed by atoms with van der Waals surface area (Å²) in [6.45, 7) is 0.421. The molecule has 0 unspecified atom stereocenters. The summed E-state index contributed by atoms with van der Waals surface area (Å²) in [4.78, 5) is 12.1. The van der Waals surface area contributed by atoms with Crippen LogP contribution in [0.1, 0.15) is 16.8 Å². The summed E-state index contributed by atoms with van der Waals surface area (Å²) >= 11 is 6.02. The van der Waals surface area contributed by atoms with E-state index in [0.29, 0.717) is 35.1 Å². The molecule has 1 saturated heterocycles. The molecule has 0 aliphatic carbocycles. The van der Waals surface area contributed by atoms with Crippen LogP contribution in [-0.2, 0) is 9.84 Å². The number of amides is 1. The van der Waals surface area contributed by atoms with Gasteiger partial charge in [0.15, 0.2) is 21.3 Å². The highest BCUT2D eigenvalue weighted by molar-refractivity contribution is 7.91. The van der Waals surface area contributed by atoms with Crippen LogP contribution in [0.4, 0.5) is 0 Å². The van der Waals surface area contributed by atoms with Crippen molar-refractivity contribution in [3.63, 3.8) is 0 Å². The van der Waals surface area contributed by atoms with Gasteiger partial charge in [0.2, 0.25) is 6.79 Å². The van der Waals surface area contributed by atoms with Crippen LogP contribution in [0, 0.1) is 5.92 Å². The van der Waals surface area contributed by atoms with Gasteiger partial charge in [-0.3, -0.25) is 4.79 Å². The summed E-state index contributed by atoms with van der Waals surface area (Å²) < 4.78 is 33.1. The van der Waals surface area contributed by atoms with Crippen LogP contribution >= 0.6 is 11.6 Å². The van der Waals surface area contributed by atoms with E-state index in [1.165, 1.54) is 6.07 Å². The second-order valence-corrected chi connectivity index (χ2v) is 7.81. The molecule has 2 aliphatic rings. The molecule has 1 amide bonds. The summed E-state index contributed by atoms with van der Waals surface area (Å²) in [7, 11) is -2.93. The van der Waals surface area contributed by atoms with Crippen molar-refractivity contribution in [2.24, 2.45) is 5.92 Å². The molecule has 1 fully saturated rings. The Morgan fingerprint density at radius 3 is 2.90 bits per heavy atom. The van der Waals surface area contributed by atoms with Crippen LogP contribution in [0.3, 0.4) is 0 Å². The van der Waals surface area contributed by atoms with Gasteiger partial charge in [-0.05, 0) is 24.5 Å². The monoisotopic (exact) mass is 331 g/mol. The molecule has 0 spiro atoms. The topological polar surface area (TPSA) is 81.7 Å². The van der Waals surface area contributed by atoms with E-state index in [4.69, 9.17) is 21.1 Å². The van der Waals surface area contributed by atoms with Crippen molar-refractivity contribution >= 4 is 27.3 Å². The van der Waals surface area contributed by atoms with E-state index in [1.807, 2.05) is 0 Å². The van der Waals surface area contributed by atoms with Gasteiger partial charge in [-0.1, -0.05) is 11.6 Å². The zero-order valence-corrected chi connectivity index (χ0v) is 12.7. The van der Waals surface area contributed by atoms with E-state index < -0.39 is 9.84 Å². The summed E-state index contributed by atoms with van der Waals surface area (Å²) in [6, 6.07) is 3.07. The minimum Gasteiger partial charge on any atom is -0.454 e. The summed E-state index contributed by atoms with van der Waals surface area (Å²) in [6.07, 6.45) is 0.588. The van der Waals surface area contributed by atoms with Gasteiger partial charge in [-0.2, -0.15) is 0 Å². The third-order valence-electron chi connectivity index (χ3n) is 3.57. The fourth-order valence-corrected chi connectivity index (χ4v) is 4.60. The van der Waals surface area contributed by atoms with Crippen molar-refractivity contribution in [1.29, 1.82) is 0 Å². The maximum Gasteiger partial charge on any atom is 0.251 e. The Bertz CT molecular complexity index is 688. The summed E-state index contributed by atoms with van der Waals surface area (Å²) in [5.41, 5.74) is 0.366. The van der Waals surface area contributed by atoms with Crippen LogP contribution in [0.15, 0.2) is 12.1 Å². The molecule has 2 heterocycles. The van der Waals surface area contributed by atoms with Gasteiger partial charge < -0.3 is 14.8 Å². The van der Waals surface area contributed by atoms with Crippen molar-refractivity contribution in [3.8, 4) is 11.5 Å². The first kappa shape index (κ1) is 14.5. The number of carbonyl (C=O) groups is 1. The van der Waals surface area contributed by atoms with Crippen molar-refractivity contribution < 1.29 is 22.7 Å². The Kier molecular flexibility index (Phi) is 3.71. The zero-order chi connectivity index (χ0) is 15.0. The molecule has 1 aromatic rings. The lowest BCUT2D eigenvalue weighted by Gasteiger charge is -2.10. The number of ether oxygens (including phenoxy) is 2. The number of rotatable bonds is 3. The van der Waals surface area contributed by atoms with Crippen molar-refractivity contribution in [1.82, 2.24) is 5.32 Å². The maximum atomic E-state index is 12.1. The molecule has 3 rings (SSSR count). The predicted octanol–water partition coefficient (Wildman–Crippen LogP) is 1.23. The van der Waals surface area contributed by atoms with Gasteiger partial charge in [-0.25, -0.2) is 8.42 Å². The van der Waals surface area contributed by atoms with Crippen LogP contribution in [0.5, 0.6) is 11.5 Å². The third kappa shape index (κ3) is 3.08. The Morgan fingerprint density at radius 1 is 1.38 bits per heavy atom. The number of carbonyl (C=O) groups excluding carboxylic acids is 1. The fourth-order valence-electron chi connectivity index (χ4n) is 2.47. The molecular weight excluding hydrogens is 318 g/mol. The van der Waals surface area contributed by atoms with E-state index in [-0.39, 0.29) is 30.1 Å². The number of sulfone groups is 1. The molecule has 1 aromatic carbocycles. The first-order valence-electron chi connectivity index (χ1n) is 6.52. The SMILES string of the molecule is O=C(NC[C@@H]1CCS(=O)(=O)C1)c1cc(Cl)c2c(c1)OCO2. The molecular formula is C13H14ClNO5S. The standard InChI is InChI=1S/C13H14ClNO5S/c14-10-3-9(4-11-12(10)20-7-19-11)13(16)15-5-8-1-2-21(17,18)6-8/h3-4,8H,1-2,5-7H2,(H,15,16)/t8-/m0/s1. The fraction of sp³-hybridized carbons (Fsp3) is 0.462. The van der Waals surface area contributed by atoms with E-state index >= 15 is 0 Å². The smallest absolute Gasteiger partial charge is 0.251 e. The van der Waals surface area contributed by atoms with Gasteiger partial charge in [0.05, 0.1) is 16.5 Å². The van der Waals surface area contributed by atoms with Crippen molar-refractivity contribution in [3.05, 3.63) is 22.7 Å². The normalized spacial score (nSPS) is 22.2. The second kappa shape index (κ2) is 5.38. The minimum absolute atomic E-state index is 0.0246. The van der Waals surface area contributed by atoms with Gasteiger partial charge >= 0.3 is 0 Å². The lowest BCUT2D eigenvalue weighted by atomic mass is 10.1. The van der Waals surface area contributed by atoms with E-state index in [0.717, 1.165) is 0 Å². The molecule has 0 bridgehead atoms. The number of benzene rings is 1. The Hall–Kier alpha value is -1.47. The summed E-state index contributed by atoms with van der Waals surface area (Å²) in [5, 5.41) is 3.06. The molecule has 1 N–H and O–H groups in total. The average molecular weight is 332 g/mol. The van der Waals surface area contributed by atoms with E-state index in [9.17, 15) is 13.2 Å². The number of fused-ring (bicyclic) bond motifs is 1. The van der Waals surface area contributed by atoms with Crippen molar-refractivity contribution in [2.45, 2.75) is 6.42 Å². The van der Waals surface area contributed by atoms with Crippen LogP contribution in [0.25, 0.3) is 0 Å². The highest BCUT2D eigenvalue weighted by Crippen LogP contribution is 2.39. The molecule has 0 aromatic heterocycles. The molecule has 6 nitrogen and oxygen atoms in total. The number of nitrogens with one attached hydrogen (secondary N) is 1. The van der Waals surface area contributed by atoms with E-state index in [2.05, 4.69) is 5.32 Å². The van der Waals surface area contributed by atoms with Gasteiger partial charge in [-0.15, -0.1) is 0 Å². The van der Waals surface area contributed by atoms with Gasteiger partial charge in [0.25, 0.3) is 5.91 Å². The van der Waals surface area contributed by atoms with Crippen LogP contribution < -0.4 is 14.8 Å². The highest BCUT2D eigenvalue weighted by atomic mass is 35.5. The molecule has 114 valence electrons. The quantitative estimate of drug-likeness (QED) is 0.901. The highest BCUT2D eigenvalue weighted by Gasteiger charge is 2.28. The summed E-state index contributed by atoms with van der Waals surface area (Å²) in [5.74, 6) is 0.882.